The van der Waals surface area contributed by atoms with E-state index in [0.29, 0.717) is 0 Å². The fourth-order valence-corrected chi connectivity index (χ4v) is 2.84. The summed E-state index contributed by atoms with van der Waals surface area (Å²) in [5.74, 6) is 0. The zero-order valence-corrected chi connectivity index (χ0v) is 10.2. The van der Waals surface area contributed by atoms with Crippen LogP contribution < -0.4 is 0 Å². The first-order chi connectivity index (χ1) is 7.24. The molecule has 15 heavy (non-hydrogen) atoms. The number of hydrogen-bond donors (Lipinski definition) is 1. The van der Waals surface area contributed by atoms with E-state index in [1.165, 1.54) is 15.4 Å². The molecule has 2 aromatic rings. The summed E-state index contributed by atoms with van der Waals surface area (Å²) in [6.45, 7) is 2.09. The van der Waals surface area contributed by atoms with Crippen LogP contribution in [0.4, 0.5) is 0 Å². The van der Waals surface area contributed by atoms with Gasteiger partial charge in [0.25, 0.3) is 0 Å². The van der Waals surface area contributed by atoms with E-state index < -0.39 is 0 Å². The van der Waals surface area contributed by atoms with Crippen molar-refractivity contribution >= 4 is 24.4 Å². The molecule has 2 aromatic carbocycles. The first kappa shape index (κ1) is 10.7. The highest BCUT2D eigenvalue weighted by atomic mass is 32.2. The zero-order valence-electron chi connectivity index (χ0n) is 8.47. The summed E-state index contributed by atoms with van der Waals surface area (Å²) in [6, 6.07) is 16.7. The highest BCUT2D eigenvalue weighted by molar-refractivity contribution is 7.99. The number of hydrogen-bond acceptors (Lipinski definition) is 2. The average Bonchev–Trinajstić information content (AvgIpc) is 2.17. The van der Waals surface area contributed by atoms with Gasteiger partial charge in [0.05, 0.1) is 0 Å². The van der Waals surface area contributed by atoms with Crippen molar-refractivity contribution in [2.45, 2.75) is 21.6 Å². The number of benzene rings is 2. The Labute approximate surface area is 100 Å². The predicted molar refractivity (Wildman–Crippen MR) is 69.0 cm³/mol. The first-order valence-electron chi connectivity index (χ1n) is 4.77. The van der Waals surface area contributed by atoms with Gasteiger partial charge in [-0.3, -0.25) is 0 Å². The minimum absolute atomic E-state index is 1.02. The fraction of sp³-hybridized carbons (Fsp3) is 0.0769. The summed E-state index contributed by atoms with van der Waals surface area (Å²) in [5, 5.41) is 0. The third-order valence-corrected chi connectivity index (χ3v) is 3.25. The molecule has 0 spiro atoms. The molecule has 0 radical (unpaired) electrons. The summed E-state index contributed by atoms with van der Waals surface area (Å²) in [5.41, 5.74) is 1.25. The van der Waals surface area contributed by atoms with Gasteiger partial charge in [0.2, 0.25) is 0 Å². The van der Waals surface area contributed by atoms with Crippen molar-refractivity contribution in [1.29, 1.82) is 0 Å². The second kappa shape index (κ2) is 4.77. The van der Waals surface area contributed by atoms with Crippen LogP contribution >= 0.6 is 24.4 Å². The topological polar surface area (TPSA) is 0 Å². The molecule has 0 amide bonds. The van der Waals surface area contributed by atoms with Crippen LogP contribution in [0, 0.1) is 6.92 Å². The van der Waals surface area contributed by atoms with E-state index in [1.807, 2.05) is 6.07 Å². The van der Waals surface area contributed by atoms with Crippen LogP contribution in [0.15, 0.2) is 63.2 Å². The third-order valence-electron chi connectivity index (χ3n) is 2.01. The van der Waals surface area contributed by atoms with Crippen LogP contribution in [0.25, 0.3) is 0 Å². The van der Waals surface area contributed by atoms with Crippen LogP contribution in [-0.2, 0) is 0 Å². The van der Waals surface area contributed by atoms with Crippen molar-refractivity contribution in [1.82, 2.24) is 0 Å². The maximum Gasteiger partial charge on any atom is 0.0136 e. The second-order valence-electron chi connectivity index (χ2n) is 3.42. The number of rotatable bonds is 2. The minimum Gasteiger partial charge on any atom is -0.143 e. The van der Waals surface area contributed by atoms with Gasteiger partial charge in [-0.05, 0) is 42.8 Å². The van der Waals surface area contributed by atoms with Gasteiger partial charge in [0.1, 0.15) is 0 Å². The lowest BCUT2D eigenvalue weighted by Crippen LogP contribution is -1.77. The van der Waals surface area contributed by atoms with Gasteiger partial charge >= 0.3 is 0 Å². The molecule has 0 nitrogen and oxygen atoms in total. The van der Waals surface area contributed by atoms with Gasteiger partial charge < -0.3 is 0 Å². The Bertz CT molecular complexity index is 429. The van der Waals surface area contributed by atoms with Gasteiger partial charge in [-0.25, -0.2) is 0 Å². The molecule has 0 unspecified atom stereocenters. The first-order valence-corrected chi connectivity index (χ1v) is 6.04. The summed E-state index contributed by atoms with van der Waals surface area (Å²) < 4.78 is 0. The molecule has 0 fully saturated rings. The number of thiol groups is 1. The molecule has 0 atom stereocenters. The fourth-order valence-electron chi connectivity index (χ4n) is 1.41. The normalized spacial score (nSPS) is 10.3. The molecule has 0 aliphatic carbocycles. The van der Waals surface area contributed by atoms with Crippen molar-refractivity contribution in [2.75, 3.05) is 0 Å². The Kier molecular flexibility index (Phi) is 3.39. The Morgan fingerprint density at radius 1 is 0.933 bits per heavy atom. The van der Waals surface area contributed by atoms with Crippen molar-refractivity contribution < 1.29 is 0 Å². The summed E-state index contributed by atoms with van der Waals surface area (Å²) in [7, 11) is 0. The maximum absolute atomic E-state index is 4.38. The summed E-state index contributed by atoms with van der Waals surface area (Å²) in [6.07, 6.45) is 0. The summed E-state index contributed by atoms with van der Waals surface area (Å²) >= 11 is 6.14. The van der Waals surface area contributed by atoms with Gasteiger partial charge in [-0.15, -0.1) is 12.6 Å². The highest BCUT2D eigenvalue weighted by Crippen LogP contribution is 2.29. The molecule has 0 saturated heterocycles. The van der Waals surface area contributed by atoms with Crippen LogP contribution in [0.1, 0.15) is 5.56 Å². The van der Waals surface area contributed by atoms with Crippen molar-refractivity contribution in [3.8, 4) is 0 Å². The average molecular weight is 232 g/mol. The van der Waals surface area contributed by atoms with E-state index in [0.717, 1.165) is 4.90 Å². The third kappa shape index (κ3) is 3.05. The lowest BCUT2D eigenvalue weighted by Gasteiger charge is -2.03. The molecular weight excluding hydrogens is 220 g/mol. The Hall–Kier alpha value is -0.860. The van der Waals surface area contributed by atoms with Crippen LogP contribution in [0.3, 0.4) is 0 Å². The molecule has 0 aliphatic rings. The molecule has 76 valence electrons. The Morgan fingerprint density at radius 3 is 2.33 bits per heavy atom. The van der Waals surface area contributed by atoms with E-state index >= 15 is 0 Å². The predicted octanol–water partition coefficient (Wildman–Crippen LogP) is 4.43. The molecule has 0 bridgehead atoms. The molecule has 0 saturated carbocycles. The standard InChI is InChI=1S/C13H12S2/c1-10-7-11(14)9-13(8-10)15-12-5-3-2-4-6-12/h2-9,14H,1H3. The molecule has 0 aromatic heterocycles. The monoisotopic (exact) mass is 232 g/mol. The van der Waals surface area contributed by atoms with Gasteiger partial charge in [0.15, 0.2) is 0 Å². The molecule has 2 heteroatoms. The zero-order chi connectivity index (χ0) is 10.7. The lowest BCUT2D eigenvalue weighted by atomic mass is 10.2. The lowest BCUT2D eigenvalue weighted by molar-refractivity contribution is 1.26. The highest BCUT2D eigenvalue weighted by Gasteiger charge is 1.98. The van der Waals surface area contributed by atoms with Crippen molar-refractivity contribution in [2.24, 2.45) is 0 Å². The molecule has 0 aliphatic heterocycles. The molecule has 2 rings (SSSR count). The minimum atomic E-state index is 1.02. The van der Waals surface area contributed by atoms with Gasteiger partial charge in [-0.1, -0.05) is 30.0 Å². The maximum atomic E-state index is 4.38. The summed E-state index contributed by atoms with van der Waals surface area (Å²) in [4.78, 5) is 3.52. The van der Waals surface area contributed by atoms with Crippen LogP contribution in [-0.4, -0.2) is 0 Å². The van der Waals surface area contributed by atoms with E-state index in [2.05, 4.69) is 62.0 Å². The van der Waals surface area contributed by atoms with Gasteiger partial charge in [0, 0.05) is 14.7 Å². The smallest absolute Gasteiger partial charge is 0.0136 e. The van der Waals surface area contributed by atoms with E-state index in [1.54, 1.807) is 11.8 Å². The molecular formula is C13H12S2. The molecule has 0 N–H and O–H groups in total. The Balaban J connectivity index is 2.25. The SMILES string of the molecule is Cc1cc(S)cc(Sc2ccccc2)c1. The Morgan fingerprint density at radius 2 is 1.67 bits per heavy atom. The van der Waals surface area contributed by atoms with Crippen LogP contribution in [0.5, 0.6) is 0 Å². The number of aryl methyl sites for hydroxylation is 1. The van der Waals surface area contributed by atoms with Crippen molar-refractivity contribution in [3.05, 3.63) is 54.1 Å². The van der Waals surface area contributed by atoms with Crippen molar-refractivity contribution in [3.63, 3.8) is 0 Å². The quantitative estimate of drug-likeness (QED) is 0.747. The molecule has 0 heterocycles. The van der Waals surface area contributed by atoms with E-state index in [4.69, 9.17) is 0 Å². The van der Waals surface area contributed by atoms with E-state index in [9.17, 15) is 0 Å². The van der Waals surface area contributed by atoms with E-state index in [-0.39, 0.29) is 0 Å². The van der Waals surface area contributed by atoms with Gasteiger partial charge in [-0.2, -0.15) is 0 Å². The second-order valence-corrected chi connectivity index (χ2v) is 5.08. The van der Waals surface area contributed by atoms with Crippen LogP contribution in [0.2, 0.25) is 0 Å². The largest absolute Gasteiger partial charge is 0.143 e.